The number of carbonyl (C=O) groups is 1. The van der Waals surface area contributed by atoms with Crippen LogP contribution in [0.15, 0.2) is 55.3 Å². The number of nitrogens with two attached hydrogens (primary N) is 1. The predicted octanol–water partition coefficient (Wildman–Crippen LogP) is 4.35. The Balaban J connectivity index is 1.99. The first-order valence-corrected chi connectivity index (χ1v) is 9.94. The fraction of sp³-hybridized carbons (Fsp3) is 0.333. The van der Waals surface area contributed by atoms with Crippen molar-refractivity contribution in [2.24, 2.45) is 5.73 Å². The summed E-state index contributed by atoms with van der Waals surface area (Å²) < 4.78 is 11.6. The molecule has 0 radical (unpaired) electrons. The average Bonchev–Trinajstić information content (AvgIpc) is 3.19. The van der Waals surface area contributed by atoms with E-state index >= 15 is 0 Å². The second kappa shape index (κ2) is 8.32. The molecule has 0 aliphatic carbocycles. The third-order valence-electron chi connectivity index (χ3n) is 5.01. The third kappa shape index (κ3) is 4.24. The van der Waals surface area contributed by atoms with E-state index < -0.39 is 11.0 Å². The lowest BCUT2D eigenvalue weighted by atomic mass is 9.81. The topological polar surface area (TPSA) is 90.2 Å². The van der Waals surface area contributed by atoms with Gasteiger partial charge in [0.1, 0.15) is 23.4 Å². The number of ether oxygens (including phenoxy) is 2. The van der Waals surface area contributed by atoms with Gasteiger partial charge in [-0.1, -0.05) is 36.9 Å². The van der Waals surface area contributed by atoms with E-state index in [-0.39, 0.29) is 12.5 Å². The smallest absolute Gasteiger partial charge is 0.318 e. The lowest BCUT2D eigenvalue weighted by Gasteiger charge is -2.31. The number of hydrogen-bond acceptors (Lipinski definition) is 5. The first kappa shape index (κ1) is 21.6. The lowest BCUT2D eigenvalue weighted by molar-refractivity contribution is -0.161. The van der Waals surface area contributed by atoms with Crippen LogP contribution in [0.4, 0.5) is 0 Å². The Hall–Kier alpha value is -3.12. The van der Waals surface area contributed by atoms with Crippen molar-refractivity contribution in [3.8, 4) is 16.9 Å². The summed E-state index contributed by atoms with van der Waals surface area (Å²) in [5.74, 6) is 0.405. The number of aromatic amines is 1. The number of rotatable bonds is 7. The number of nitrogens with zero attached hydrogens (tertiary/aromatic N) is 1. The Bertz CT molecular complexity index is 1050. The van der Waals surface area contributed by atoms with Gasteiger partial charge in [0.15, 0.2) is 0 Å². The van der Waals surface area contributed by atoms with Gasteiger partial charge in [0.25, 0.3) is 0 Å². The van der Waals surface area contributed by atoms with Gasteiger partial charge in [0.2, 0.25) is 0 Å². The van der Waals surface area contributed by atoms with E-state index in [1.54, 1.807) is 12.3 Å². The van der Waals surface area contributed by atoms with Crippen molar-refractivity contribution in [3.63, 3.8) is 0 Å². The maximum atomic E-state index is 12.8. The Kier molecular flexibility index (Phi) is 5.99. The molecule has 1 atom stereocenters. The normalized spacial score (nSPS) is 13.6. The van der Waals surface area contributed by atoms with Crippen LogP contribution in [0, 0.1) is 0 Å². The van der Waals surface area contributed by atoms with Crippen molar-refractivity contribution in [3.05, 3.63) is 60.8 Å². The molecular formula is C24H29N3O3. The van der Waals surface area contributed by atoms with Crippen molar-refractivity contribution in [1.82, 2.24) is 10.2 Å². The molecule has 0 amide bonds. The molecule has 1 heterocycles. The van der Waals surface area contributed by atoms with Crippen molar-refractivity contribution in [1.29, 1.82) is 0 Å². The molecule has 1 aromatic heterocycles. The molecule has 0 saturated heterocycles. The molecule has 0 aliphatic rings. The average molecular weight is 408 g/mol. The van der Waals surface area contributed by atoms with Gasteiger partial charge in [-0.15, -0.1) is 0 Å². The molecule has 30 heavy (non-hydrogen) atoms. The highest BCUT2D eigenvalue weighted by molar-refractivity contribution is 5.93. The van der Waals surface area contributed by atoms with Gasteiger partial charge >= 0.3 is 5.97 Å². The lowest BCUT2D eigenvalue weighted by Crippen LogP contribution is -2.44. The zero-order chi connectivity index (χ0) is 21.9. The molecule has 158 valence electrons. The van der Waals surface area contributed by atoms with E-state index in [0.29, 0.717) is 6.61 Å². The van der Waals surface area contributed by atoms with Crippen LogP contribution >= 0.6 is 0 Å². The van der Waals surface area contributed by atoms with Gasteiger partial charge < -0.3 is 15.2 Å². The summed E-state index contributed by atoms with van der Waals surface area (Å²) in [6.45, 7) is 11.6. The molecule has 0 aliphatic heterocycles. The number of hydrogen-bond donors (Lipinski definition) is 2. The van der Waals surface area contributed by atoms with Crippen LogP contribution in [0.25, 0.3) is 22.0 Å². The third-order valence-corrected chi connectivity index (χ3v) is 5.01. The zero-order valence-electron chi connectivity index (χ0n) is 18.0. The molecular weight excluding hydrogens is 378 g/mol. The highest BCUT2D eigenvalue weighted by Crippen LogP contribution is 2.37. The molecule has 0 spiro atoms. The molecule has 3 rings (SSSR count). The highest BCUT2D eigenvalue weighted by atomic mass is 16.6. The van der Waals surface area contributed by atoms with Crippen LogP contribution < -0.4 is 10.5 Å². The molecule has 1 unspecified atom stereocenters. The van der Waals surface area contributed by atoms with Crippen molar-refractivity contribution < 1.29 is 14.3 Å². The number of nitrogens with one attached hydrogen (secondary N) is 1. The summed E-state index contributed by atoms with van der Waals surface area (Å²) in [7, 11) is 0. The van der Waals surface area contributed by atoms with Crippen LogP contribution in [0.3, 0.4) is 0 Å². The van der Waals surface area contributed by atoms with Crippen LogP contribution in [-0.2, 0) is 14.9 Å². The first-order valence-electron chi connectivity index (χ1n) is 9.94. The maximum absolute atomic E-state index is 12.8. The second-order valence-corrected chi connectivity index (χ2v) is 8.49. The molecule has 0 saturated carbocycles. The molecule has 2 aromatic carbocycles. The summed E-state index contributed by atoms with van der Waals surface area (Å²) in [5.41, 5.74) is 8.09. The summed E-state index contributed by atoms with van der Waals surface area (Å²) in [5, 5.41) is 7.98. The van der Waals surface area contributed by atoms with Gasteiger partial charge in [-0.3, -0.25) is 9.89 Å². The highest BCUT2D eigenvalue weighted by Gasteiger charge is 2.37. The number of carbonyl (C=O) groups excluding carboxylic acids is 1. The van der Waals surface area contributed by atoms with E-state index in [4.69, 9.17) is 15.2 Å². The van der Waals surface area contributed by atoms with Gasteiger partial charge in [-0.2, -0.15) is 5.10 Å². The van der Waals surface area contributed by atoms with Gasteiger partial charge in [0.05, 0.1) is 17.1 Å². The van der Waals surface area contributed by atoms with Gasteiger partial charge in [-0.25, -0.2) is 0 Å². The Morgan fingerprint density at radius 3 is 2.47 bits per heavy atom. The summed E-state index contributed by atoms with van der Waals surface area (Å²) in [6, 6.07) is 11.7. The Morgan fingerprint density at radius 2 is 1.87 bits per heavy atom. The molecule has 6 heteroatoms. The number of H-pyrrole nitrogens is 1. The predicted molar refractivity (Wildman–Crippen MR) is 119 cm³/mol. The fourth-order valence-corrected chi connectivity index (χ4v) is 3.24. The van der Waals surface area contributed by atoms with Crippen molar-refractivity contribution in [2.75, 3.05) is 13.2 Å². The number of benzene rings is 2. The van der Waals surface area contributed by atoms with E-state index in [0.717, 1.165) is 33.3 Å². The van der Waals surface area contributed by atoms with E-state index in [2.05, 4.69) is 16.8 Å². The molecule has 0 bridgehead atoms. The van der Waals surface area contributed by atoms with Gasteiger partial charge in [-0.05, 0) is 51.0 Å². The van der Waals surface area contributed by atoms with Crippen LogP contribution in [-0.4, -0.2) is 34.9 Å². The minimum absolute atomic E-state index is 0.149. The van der Waals surface area contributed by atoms with Gasteiger partial charge in [0, 0.05) is 12.1 Å². The second-order valence-electron chi connectivity index (χ2n) is 8.49. The van der Waals surface area contributed by atoms with Crippen molar-refractivity contribution in [2.45, 2.75) is 38.7 Å². The SMILES string of the molecule is C=CCOc1c(-c2ccc(C(C)(CN)C(=O)OC(C)(C)C)cc2)ccc2[nH]ncc12. The summed E-state index contributed by atoms with van der Waals surface area (Å²) >= 11 is 0. The molecule has 3 N–H and O–H groups in total. The monoisotopic (exact) mass is 407 g/mol. The fourth-order valence-electron chi connectivity index (χ4n) is 3.24. The minimum Gasteiger partial charge on any atom is -0.488 e. The molecule has 0 fully saturated rings. The number of esters is 1. The largest absolute Gasteiger partial charge is 0.488 e. The quantitative estimate of drug-likeness (QED) is 0.449. The zero-order valence-corrected chi connectivity index (χ0v) is 18.0. The first-order chi connectivity index (χ1) is 14.2. The van der Waals surface area contributed by atoms with E-state index in [1.807, 2.05) is 64.1 Å². The van der Waals surface area contributed by atoms with Crippen LogP contribution in [0.1, 0.15) is 33.3 Å². The summed E-state index contributed by atoms with van der Waals surface area (Å²) in [4.78, 5) is 12.8. The standard InChI is InChI=1S/C24H29N3O3/c1-6-13-29-21-18(11-12-20-19(21)14-26-27-20)16-7-9-17(10-8-16)24(5,15-25)22(28)30-23(2,3)4/h6-12,14H,1,13,15,25H2,2-5H3,(H,26,27). The number of fused-ring (bicyclic) bond motifs is 1. The van der Waals surface area contributed by atoms with Crippen LogP contribution in [0.2, 0.25) is 0 Å². The molecule has 3 aromatic rings. The summed E-state index contributed by atoms with van der Waals surface area (Å²) in [6.07, 6.45) is 3.46. The van der Waals surface area contributed by atoms with E-state index in [9.17, 15) is 4.79 Å². The van der Waals surface area contributed by atoms with Crippen LogP contribution in [0.5, 0.6) is 5.75 Å². The maximum Gasteiger partial charge on any atom is 0.318 e. The van der Waals surface area contributed by atoms with E-state index in [1.165, 1.54) is 0 Å². The number of aromatic nitrogens is 2. The minimum atomic E-state index is -0.928. The Morgan fingerprint density at radius 1 is 1.17 bits per heavy atom. The molecule has 6 nitrogen and oxygen atoms in total. The Labute approximate surface area is 177 Å². The van der Waals surface area contributed by atoms with Crippen molar-refractivity contribution >= 4 is 16.9 Å².